The van der Waals surface area contributed by atoms with Gasteiger partial charge >= 0.3 is 12.0 Å². The van der Waals surface area contributed by atoms with Gasteiger partial charge in [0, 0.05) is 23.8 Å². The zero-order valence-corrected chi connectivity index (χ0v) is 13.9. The van der Waals surface area contributed by atoms with Crippen LogP contribution in [0.15, 0.2) is 24.3 Å². The summed E-state index contributed by atoms with van der Waals surface area (Å²) < 4.78 is 0. The van der Waals surface area contributed by atoms with Gasteiger partial charge in [0.15, 0.2) is 0 Å². The van der Waals surface area contributed by atoms with Crippen molar-refractivity contribution in [2.24, 2.45) is 0 Å². The number of hydrogen-bond donors (Lipinski definition) is 3. The number of amides is 3. The molecule has 1 aromatic rings. The maximum absolute atomic E-state index is 12.6. The Balaban J connectivity index is 2.05. The van der Waals surface area contributed by atoms with Gasteiger partial charge in [0.25, 0.3) is 5.91 Å². The first-order chi connectivity index (χ1) is 11.4. The molecule has 0 saturated carbocycles. The van der Waals surface area contributed by atoms with Gasteiger partial charge < -0.3 is 20.6 Å². The van der Waals surface area contributed by atoms with Crippen LogP contribution in [0.4, 0.5) is 10.5 Å². The molecule has 1 aromatic carbocycles. The number of hydrogen-bond acceptors (Lipinski definition) is 3. The van der Waals surface area contributed by atoms with Gasteiger partial charge in [-0.15, -0.1) is 0 Å². The zero-order valence-electron chi connectivity index (χ0n) is 13.9. The first-order valence-electron chi connectivity index (χ1n) is 8.10. The lowest BCUT2D eigenvalue weighted by atomic mass is 10.0. The third kappa shape index (κ3) is 4.47. The summed E-state index contributed by atoms with van der Waals surface area (Å²) >= 11 is 0. The van der Waals surface area contributed by atoms with Gasteiger partial charge in [0.2, 0.25) is 0 Å². The van der Waals surface area contributed by atoms with Crippen LogP contribution in [0.3, 0.4) is 0 Å². The number of carboxylic acid groups (broad SMARTS) is 1. The Kier molecular flexibility index (Phi) is 5.78. The van der Waals surface area contributed by atoms with E-state index in [4.69, 9.17) is 0 Å². The number of anilines is 1. The average molecular weight is 333 g/mol. The van der Waals surface area contributed by atoms with Crippen molar-refractivity contribution in [2.45, 2.75) is 45.2 Å². The van der Waals surface area contributed by atoms with Crippen molar-refractivity contribution in [3.63, 3.8) is 0 Å². The van der Waals surface area contributed by atoms with E-state index in [1.807, 2.05) is 13.8 Å². The highest BCUT2D eigenvalue weighted by Crippen LogP contribution is 2.20. The van der Waals surface area contributed by atoms with Crippen molar-refractivity contribution < 1.29 is 19.5 Å². The summed E-state index contributed by atoms with van der Waals surface area (Å²) in [4.78, 5) is 36.9. The van der Waals surface area contributed by atoms with Crippen molar-refractivity contribution in [3.8, 4) is 0 Å². The van der Waals surface area contributed by atoms with Gasteiger partial charge in [-0.25, -0.2) is 9.59 Å². The van der Waals surface area contributed by atoms with Crippen molar-refractivity contribution in [1.29, 1.82) is 0 Å². The van der Waals surface area contributed by atoms with Crippen LogP contribution in [0.1, 0.15) is 43.5 Å². The van der Waals surface area contributed by atoms with Gasteiger partial charge in [-0.2, -0.15) is 0 Å². The zero-order chi connectivity index (χ0) is 17.7. The van der Waals surface area contributed by atoms with Gasteiger partial charge in [0.1, 0.15) is 6.04 Å². The summed E-state index contributed by atoms with van der Waals surface area (Å²) in [6, 6.07) is 5.41. The minimum absolute atomic E-state index is 0.0258. The Morgan fingerprint density at radius 1 is 1.17 bits per heavy atom. The first kappa shape index (κ1) is 17.8. The molecule has 2 rings (SSSR count). The SMILES string of the molecule is CC(C)NC(=O)Nc1ccc(C(=O)N2CCCC[C@@H]2C(=O)O)cc1. The Hall–Kier alpha value is -2.57. The highest BCUT2D eigenvalue weighted by atomic mass is 16.4. The highest BCUT2D eigenvalue weighted by Gasteiger charge is 2.32. The third-order valence-electron chi connectivity index (χ3n) is 3.86. The number of nitrogens with zero attached hydrogens (tertiary/aromatic N) is 1. The molecular weight excluding hydrogens is 310 g/mol. The number of piperidine rings is 1. The van der Waals surface area contributed by atoms with Crippen molar-refractivity contribution in [1.82, 2.24) is 10.2 Å². The number of carbonyl (C=O) groups is 3. The standard InChI is InChI=1S/C17H23N3O4/c1-11(2)18-17(24)19-13-8-6-12(7-9-13)15(21)20-10-4-3-5-14(20)16(22)23/h6-9,11,14H,3-5,10H2,1-2H3,(H,22,23)(H2,18,19,24)/t14-/m1/s1. The number of aliphatic carboxylic acids is 1. The quantitative estimate of drug-likeness (QED) is 0.787. The molecule has 7 nitrogen and oxygen atoms in total. The van der Waals surface area contributed by atoms with Gasteiger partial charge in [-0.1, -0.05) is 0 Å². The van der Waals surface area contributed by atoms with Crippen LogP contribution in [0.25, 0.3) is 0 Å². The third-order valence-corrected chi connectivity index (χ3v) is 3.86. The Morgan fingerprint density at radius 2 is 1.83 bits per heavy atom. The van der Waals surface area contributed by atoms with E-state index in [0.717, 1.165) is 12.8 Å². The second-order valence-corrected chi connectivity index (χ2v) is 6.18. The predicted octanol–water partition coefficient (Wildman–Crippen LogP) is 2.30. The summed E-state index contributed by atoms with van der Waals surface area (Å²) in [6.07, 6.45) is 2.11. The van der Waals surface area contributed by atoms with E-state index in [2.05, 4.69) is 10.6 Å². The molecule has 3 amide bonds. The molecule has 130 valence electrons. The van der Waals surface area contributed by atoms with Gasteiger partial charge in [0.05, 0.1) is 0 Å². The molecule has 1 fully saturated rings. The molecule has 0 radical (unpaired) electrons. The predicted molar refractivity (Wildman–Crippen MR) is 90.0 cm³/mol. The summed E-state index contributed by atoms with van der Waals surface area (Å²) in [7, 11) is 0. The van der Waals surface area contributed by atoms with E-state index in [-0.39, 0.29) is 18.0 Å². The molecule has 1 heterocycles. The van der Waals surface area contributed by atoms with E-state index >= 15 is 0 Å². The van der Waals surface area contributed by atoms with Crippen LogP contribution in [-0.4, -0.2) is 46.5 Å². The van der Waals surface area contributed by atoms with E-state index in [0.29, 0.717) is 24.2 Å². The summed E-state index contributed by atoms with van der Waals surface area (Å²) in [5, 5.41) is 14.7. The molecule has 1 aliphatic heterocycles. The molecule has 1 aliphatic rings. The average Bonchev–Trinajstić information content (AvgIpc) is 2.54. The molecule has 24 heavy (non-hydrogen) atoms. The van der Waals surface area contributed by atoms with Crippen LogP contribution in [0.2, 0.25) is 0 Å². The maximum Gasteiger partial charge on any atom is 0.326 e. The van der Waals surface area contributed by atoms with Gasteiger partial charge in [-0.3, -0.25) is 4.79 Å². The molecular formula is C17H23N3O4. The van der Waals surface area contributed by atoms with Crippen molar-refractivity contribution in [2.75, 3.05) is 11.9 Å². The summed E-state index contributed by atoms with van der Waals surface area (Å²) in [5.41, 5.74) is 0.982. The Labute approximate surface area is 141 Å². The number of carbonyl (C=O) groups excluding carboxylic acids is 2. The second kappa shape index (κ2) is 7.81. The van der Waals surface area contributed by atoms with Crippen LogP contribution >= 0.6 is 0 Å². The van der Waals surface area contributed by atoms with E-state index in [1.54, 1.807) is 24.3 Å². The number of benzene rings is 1. The summed E-state index contributed by atoms with van der Waals surface area (Å²) in [5.74, 6) is -1.26. The van der Waals surface area contributed by atoms with Crippen LogP contribution in [0, 0.1) is 0 Å². The topological polar surface area (TPSA) is 98.7 Å². The minimum Gasteiger partial charge on any atom is -0.480 e. The van der Waals surface area contributed by atoms with Crippen molar-refractivity contribution in [3.05, 3.63) is 29.8 Å². The largest absolute Gasteiger partial charge is 0.480 e. The number of rotatable bonds is 4. The molecule has 0 bridgehead atoms. The maximum atomic E-state index is 12.6. The molecule has 1 saturated heterocycles. The Bertz CT molecular complexity index is 613. The van der Waals surface area contributed by atoms with Crippen LogP contribution < -0.4 is 10.6 Å². The number of carboxylic acids is 1. The van der Waals surface area contributed by atoms with E-state index in [9.17, 15) is 19.5 Å². The molecule has 1 atom stereocenters. The molecule has 3 N–H and O–H groups in total. The highest BCUT2D eigenvalue weighted by molar-refractivity contribution is 5.97. The van der Waals surface area contributed by atoms with E-state index < -0.39 is 12.0 Å². The normalized spacial score (nSPS) is 17.5. The number of likely N-dealkylation sites (tertiary alicyclic amines) is 1. The molecule has 7 heteroatoms. The van der Waals surface area contributed by atoms with Crippen LogP contribution in [0.5, 0.6) is 0 Å². The summed E-state index contributed by atoms with van der Waals surface area (Å²) in [6.45, 7) is 4.17. The first-order valence-corrected chi connectivity index (χ1v) is 8.10. The fourth-order valence-corrected chi connectivity index (χ4v) is 2.72. The minimum atomic E-state index is -0.966. The number of urea groups is 1. The smallest absolute Gasteiger partial charge is 0.326 e. The molecule has 0 aromatic heterocycles. The fraction of sp³-hybridized carbons (Fsp3) is 0.471. The Morgan fingerprint density at radius 3 is 2.42 bits per heavy atom. The lowest BCUT2D eigenvalue weighted by Crippen LogP contribution is -2.47. The molecule has 0 spiro atoms. The molecule has 0 aliphatic carbocycles. The monoisotopic (exact) mass is 333 g/mol. The van der Waals surface area contributed by atoms with Crippen molar-refractivity contribution >= 4 is 23.6 Å². The van der Waals surface area contributed by atoms with E-state index in [1.165, 1.54) is 4.90 Å². The lowest BCUT2D eigenvalue weighted by Gasteiger charge is -2.33. The van der Waals surface area contributed by atoms with Crippen LogP contribution in [-0.2, 0) is 4.79 Å². The van der Waals surface area contributed by atoms with Gasteiger partial charge in [-0.05, 0) is 57.4 Å². The number of nitrogens with one attached hydrogen (secondary N) is 2. The second-order valence-electron chi connectivity index (χ2n) is 6.18. The molecule has 0 unspecified atom stereocenters. The fourth-order valence-electron chi connectivity index (χ4n) is 2.72. The lowest BCUT2D eigenvalue weighted by molar-refractivity contribution is -0.143.